The fourth-order valence-electron chi connectivity index (χ4n) is 1.94. The maximum atomic E-state index is 5.31. The van der Waals surface area contributed by atoms with E-state index >= 15 is 0 Å². The number of nitrogens with one attached hydrogen (secondary N) is 1. The molecule has 1 N–H and O–H groups in total. The summed E-state index contributed by atoms with van der Waals surface area (Å²) in [7, 11) is 8.24. The minimum Gasteiger partial charge on any atom is -0.383 e. The van der Waals surface area contributed by atoms with Gasteiger partial charge in [0.15, 0.2) is 0 Å². The van der Waals surface area contributed by atoms with Gasteiger partial charge >= 0.3 is 0 Å². The Hall–Kier alpha value is -0.160. The maximum Gasteiger partial charge on any atom is 0.0630 e. The first-order chi connectivity index (χ1) is 8.13. The molecule has 0 saturated heterocycles. The molecule has 1 aliphatic carbocycles. The zero-order valence-electron chi connectivity index (χ0n) is 11.9. The molecule has 102 valence electrons. The van der Waals surface area contributed by atoms with Crippen LogP contribution in [0.5, 0.6) is 0 Å². The number of likely N-dealkylation sites (N-methyl/N-ethyl adjacent to an activating group) is 1. The Labute approximate surface area is 106 Å². The molecule has 0 aromatic heterocycles. The second-order valence-electron chi connectivity index (χ2n) is 5.43. The van der Waals surface area contributed by atoms with Gasteiger partial charge in [-0.15, -0.1) is 0 Å². The van der Waals surface area contributed by atoms with Crippen molar-refractivity contribution < 1.29 is 4.74 Å². The number of rotatable bonds is 10. The van der Waals surface area contributed by atoms with Gasteiger partial charge in [0.1, 0.15) is 0 Å². The van der Waals surface area contributed by atoms with E-state index in [0.29, 0.717) is 6.04 Å². The van der Waals surface area contributed by atoms with E-state index < -0.39 is 0 Å². The van der Waals surface area contributed by atoms with Crippen molar-refractivity contribution in [3.05, 3.63) is 0 Å². The lowest BCUT2D eigenvalue weighted by atomic mass is 10.2. The number of hydrogen-bond donors (Lipinski definition) is 1. The molecule has 0 amide bonds. The molecule has 17 heavy (non-hydrogen) atoms. The van der Waals surface area contributed by atoms with E-state index in [-0.39, 0.29) is 0 Å². The number of nitrogens with zero attached hydrogens (tertiary/aromatic N) is 2. The van der Waals surface area contributed by atoms with Crippen molar-refractivity contribution in [2.24, 2.45) is 0 Å². The Morgan fingerprint density at radius 2 is 1.94 bits per heavy atom. The van der Waals surface area contributed by atoms with Crippen molar-refractivity contribution >= 4 is 0 Å². The molecule has 1 rings (SSSR count). The second-order valence-corrected chi connectivity index (χ2v) is 5.43. The normalized spacial score (nSPS) is 18.0. The van der Waals surface area contributed by atoms with Crippen molar-refractivity contribution in [3.63, 3.8) is 0 Å². The van der Waals surface area contributed by atoms with Gasteiger partial charge in [-0.05, 0) is 53.5 Å². The molecule has 0 aromatic rings. The summed E-state index contributed by atoms with van der Waals surface area (Å²) in [5.74, 6) is 0. The number of methoxy groups -OCH3 is 1. The Morgan fingerprint density at radius 1 is 1.24 bits per heavy atom. The molecule has 4 heteroatoms. The van der Waals surface area contributed by atoms with Crippen LogP contribution in [0.1, 0.15) is 19.3 Å². The average Bonchev–Trinajstić information content (AvgIpc) is 3.07. The number of hydrogen-bond acceptors (Lipinski definition) is 4. The lowest BCUT2D eigenvalue weighted by molar-refractivity contribution is 0.103. The summed E-state index contributed by atoms with van der Waals surface area (Å²) in [5, 5.41) is 3.59. The van der Waals surface area contributed by atoms with Crippen LogP contribution in [0.15, 0.2) is 0 Å². The molecule has 1 unspecified atom stereocenters. The molecule has 0 radical (unpaired) electrons. The van der Waals surface area contributed by atoms with Crippen molar-refractivity contribution in [1.29, 1.82) is 0 Å². The van der Waals surface area contributed by atoms with Crippen LogP contribution in [0.2, 0.25) is 0 Å². The van der Waals surface area contributed by atoms with E-state index in [0.717, 1.165) is 32.3 Å². The minimum atomic E-state index is 0.503. The summed E-state index contributed by atoms with van der Waals surface area (Å²) in [6, 6.07) is 1.28. The van der Waals surface area contributed by atoms with Crippen molar-refractivity contribution in [3.8, 4) is 0 Å². The summed E-state index contributed by atoms with van der Waals surface area (Å²) in [5.41, 5.74) is 0. The van der Waals surface area contributed by atoms with E-state index in [9.17, 15) is 0 Å². The van der Waals surface area contributed by atoms with E-state index in [1.54, 1.807) is 7.11 Å². The van der Waals surface area contributed by atoms with Gasteiger partial charge < -0.3 is 15.0 Å². The van der Waals surface area contributed by atoms with Gasteiger partial charge in [-0.2, -0.15) is 0 Å². The third kappa shape index (κ3) is 6.99. The Morgan fingerprint density at radius 3 is 2.47 bits per heavy atom. The van der Waals surface area contributed by atoms with Crippen molar-refractivity contribution in [1.82, 2.24) is 15.1 Å². The van der Waals surface area contributed by atoms with Crippen LogP contribution in [0.25, 0.3) is 0 Å². The first-order valence-corrected chi connectivity index (χ1v) is 6.70. The highest BCUT2D eigenvalue weighted by Gasteiger charge is 2.23. The molecule has 4 nitrogen and oxygen atoms in total. The molecule has 0 spiro atoms. The SMILES string of the molecule is COCC(CNC1CC1)N(C)CCCN(C)C. The first-order valence-electron chi connectivity index (χ1n) is 6.70. The van der Waals surface area contributed by atoms with E-state index in [1.165, 1.54) is 19.3 Å². The highest BCUT2D eigenvalue weighted by atomic mass is 16.5. The van der Waals surface area contributed by atoms with Crippen LogP contribution in [0, 0.1) is 0 Å². The van der Waals surface area contributed by atoms with Gasteiger partial charge in [0.05, 0.1) is 6.61 Å². The molecule has 0 aliphatic heterocycles. The number of ether oxygens (including phenoxy) is 1. The predicted octanol–water partition coefficient (Wildman–Crippen LogP) is 0.637. The summed E-state index contributed by atoms with van der Waals surface area (Å²) in [6.45, 7) is 4.16. The highest BCUT2D eigenvalue weighted by Crippen LogP contribution is 2.18. The van der Waals surface area contributed by atoms with Crippen molar-refractivity contribution in [2.45, 2.75) is 31.3 Å². The summed E-state index contributed by atoms with van der Waals surface area (Å²) in [6.07, 6.45) is 3.92. The fourth-order valence-corrected chi connectivity index (χ4v) is 1.94. The van der Waals surface area contributed by atoms with Crippen molar-refractivity contribution in [2.75, 3.05) is 54.5 Å². The van der Waals surface area contributed by atoms with Gasteiger partial charge in [-0.3, -0.25) is 4.90 Å². The second kappa shape index (κ2) is 8.03. The minimum absolute atomic E-state index is 0.503. The zero-order valence-corrected chi connectivity index (χ0v) is 11.9. The van der Waals surface area contributed by atoms with E-state index in [2.05, 4.69) is 36.3 Å². The van der Waals surface area contributed by atoms with Gasteiger partial charge in [-0.1, -0.05) is 0 Å². The summed E-state index contributed by atoms with van der Waals surface area (Å²) >= 11 is 0. The van der Waals surface area contributed by atoms with Crippen LogP contribution in [0.3, 0.4) is 0 Å². The summed E-state index contributed by atoms with van der Waals surface area (Å²) in [4.78, 5) is 4.66. The Balaban J connectivity index is 2.17. The molecular formula is C13H29N3O. The Kier molecular flexibility index (Phi) is 7.04. The Bertz CT molecular complexity index is 195. The highest BCUT2D eigenvalue weighted by molar-refractivity contribution is 4.83. The van der Waals surface area contributed by atoms with Crippen LogP contribution < -0.4 is 5.32 Å². The quantitative estimate of drug-likeness (QED) is 0.609. The van der Waals surface area contributed by atoms with Crippen LogP contribution >= 0.6 is 0 Å². The molecule has 1 fully saturated rings. The molecule has 1 atom stereocenters. The standard InChI is InChI=1S/C13H29N3O/c1-15(2)8-5-9-16(3)13(11-17-4)10-14-12-6-7-12/h12-14H,5-11H2,1-4H3. The van der Waals surface area contributed by atoms with Crippen LogP contribution in [0.4, 0.5) is 0 Å². The van der Waals surface area contributed by atoms with Gasteiger partial charge in [0, 0.05) is 25.7 Å². The maximum absolute atomic E-state index is 5.31. The lowest BCUT2D eigenvalue weighted by Gasteiger charge is -2.28. The van der Waals surface area contributed by atoms with Gasteiger partial charge in [0.2, 0.25) is 0 Å². The van der Waals surface area contributed by atoms with Crippen LogP contribution in [-0.2, 0) is 4.74 Å². The topological polar surface area (TPSA) is 27.7 Å². The predicted molar refractivity (Wildman–Crippen MR) is 72.5 cm³/mol. The molecule has 0 bridgehead atoms. The van der Waals surface area contributed by atoms with Crippen LogP contribution in [-0.4, -0.2) is 76.4 Å². The monoisotopic (exact) mass is 243 g/mol. The lowest BCUT2D eigenvalue weighted by Crippen LogP contribution is -2.44. The van der Waals surface area contributed by atoms with Gasteiger partial charge in [0.25, 0.3) is 0 Å². The molecule has 1 aliphatic rings. The molecule has 1 saturated carbocycles. The molecule has 0 aromatic carbocycles. The zero-order chi connectivity index (χ0) is 12.7. The van der Waals surface area contributed by atoms with Gasteiger partial charge in [-0.25, -0.2) is 0 Å². The smallest absolute Gasteiger partial charge is 0.0630 e. The third-order valence-corrected chi connectivity index (χ3v) is 3.32. The largest absolute Gasteiger partial charge is 0.383 e. The first kappa shape index (κ1) is 14.9. The van der Waals surface area contributed by atoms with E-state index in [1.807, 2.05) is 0 Å². The summed E-state index contributed by atoms with van der Waals surface area (Å²) < 4.78 is 5.31. The van der Waals surface area contributed by atoms with E-state index in [4.69, 9.17) is 4.74 Å². The third-order valence-electron chi connectivity index (χ3n) is 3.32. The fraction of sp³-hybridized carbons (Fsp3) is 1.00. The molecule has 0 heterocycles. The average molecular weight is 243 g/mol. The molecular weight excluding hydrogens is 214 g/mol.